The smallest absolute Gasteiger partial charge is 0.338 e. The van der Waals surface area contributed by atoms with Crippen LogP contribution in [0.5, 0.6) is 0 Å². The van der Waals surface area contributed by atoms with E-state index in [0.29, 0.717) is 26.8 Å². The lowest BCUT2D eigenvalue weighted by Crippen LogP contribution is -2.06. The van der Waals surface area contributed by atoms with Gasteiger partial charge in [-0.05, 0) is 42.5 Å². The molecular formula is C19H11Cl2N3O3. The minimum Gasteiger partial charge on any atom is -0.454 e. The monoisotopic (exact) mass is 399 g/mol. The summed E-state index contributed by atoms with van der Waals surface area (Å²) in [5.41, 5.74) is 1.70. The van der Waals surface area contributed by atoms with Crippen molar-refractivity contribution in [1.29, 1.82) is 0 Å². The average molecular weight is 400 g/mol. The SMILES string of the molecule is O=C(OCc1noc(-c2ccccc2Cl)n1)c1ccc2nc(Cl)ccc2c1. The zero-order chi connectivity index (χ0) is 18.8. The van der Waals surface area contributed by atoms with Crippen molar-refractivity contribution in [2.24, 2.45) is 0 Å². The Kier molecular flexibility index (Phi) is 4.75. The van der Waals surface area contributed by atoms with Crippen LogP contribution in [0.25, 0.3) is 22.4 Å². The predicted octanol–water partition coefficient (Wildman–Crippen LogP) is 4.95. The van der Waals surface area contributed by atoms with Gasteiger partial charge in [0.2, 0.25) is 5.82 Å². The molecule has 0 saturated carbocycles. The summed E-state index contributed by atoms with van der Waals surface area (Å²) in [6.45, 7) is -0.121. The molecule has 0 N–H and O–H groups in total. The normalized spacial score (nSPS) is 10.9. The highest BCUT2D eigenvalue weighted by Crippen LogP contribution is 2.26. The summed E-state index contributed by atoms with van der Waals surface area (Å²) in [6.07, 6.45) is 0. The molecule has 0 aliphatic rings. The van der Waals surface area contributed by atoms with Crippen LogP contribution in [0.2, 0.25) is 10.2 Å². The fraction of sp³-hybridized carbons (Fsp3) is 0.0526. The van der Waals surface area contributed by atoms with Gasteiger partial charge in [-0.15, -0.1) is 0 Å². The molecule has 27 heavy (non-hydrogen) atoms. The van der Waals surface area contributed by atoms with E-state index in [9.17, 15) is 4.79 Å². The molecule has 4 rings (SSSR count). The number of ether oxygens (including phenoxy) is 1. The lowest BCUT2D eigenvalue weighted by Gasteiger charge is -2.04. The molecule has 0 unspecified atom stereocenters. The molecule has 8 heteroatoms. The summed E-state index contributed by atoms with van der Waals surface area (Å²) in [6, 6.07) is 15.6. The molecule has 0 atom stereocenters. The number of carbonyl (C=O) groups is 1. The summed E-state index contributed by atoms with van der Waals surface area (Å²) < 4.78 is 10.4. The summed E-state index contributed by atoms with van der Waals surface area (Å²) in [4.78, 5) is 20.7. The Morgan fingerprint density at radius 1 is 1.04 bits per heavy atom. The number of esters is 1. The number of rotatable bonds is 4. The summed E-state index contributed by atoms with van der Waals surface area (Å²) >= 11 is 12.0. The maximum atomic E-state index is 12.3. The average Bonchev–Trinajstić information content (AvgIpc) is 3.15. The van der Waals surface area contributed by atoms with Crippen LogP contribution in [-0.4, -0.2) is 21.1 Å². The number of hydrogen-bond acceptors (Lipinski definition) is 6. The van der Waals surface area contributed by atoms with Crippen molar-refractivity contribution in [2.45, 2.75) is 6.61 Å². The quantitative estimate of drug-likeness (QED) is 0.356. The second kappa shape index (κ2) is 7.34. The second-order valence-corrected chi connectivity index (χ2v) is 6.41. The predicted molar refractivity (Wildman–Crippen MR) is 101 cm³/mol. The van der Waals surface area contributed by atoms with Gasteiger partial charge in [-0.1, -0.05) is 40.5 Å². The molecule has 0 radical (unpaired) electrons. The number of fused-ring (bicyclic) bond motifs is 1. The number of benzene rings is 2. The molecule has 0 saturated heterocycles. The van der Waals surface area contributed by atoms with E-state index >= 15 is 0 Å². The molecule has 0 aliphatic heterocycles. The first-order chi connectivity index (χ1) is 13.1. The van der Waals surface area contributed by atoms with Gasteiger partial charge in [-0.25, -0.2) is 9.78 Å². The van der Waals surface area contributed by atoms with E-state index in [1.165, 1.54) is 0 Å². The van der Waals surface area contributed by atoms with Gasteiger partial charge in [0.15, 0.2) is 6.61 Å². The van der Waals surface area contributed by atoms with Gasteiger partial charge in [0.05, 0.1) is 21.7 Å². The molecule has 0 amide bonds. The van der Waals surface area contributed by atoms with E-state index in [2.05, 4.69) is 15.1 Å². The van der Waals surface area contributed by atoms with Crippen molar-refractivity contribution in [3.63, 3.8) is 0 Å². The largest absolute Gasteiger partial charge is 0.454 e. The van der Waals surface area contributed by atoms with Gasteiger partial charge in [0, 0.05) is 5.39 Å². The van der Waals surface area contributed by atoms with Gasteiger partial charge in [0.1, 0.15) is 5.15 Å². The maximum absolute atomic E-state index is 12.3. The first-order valence-electron chi connectivity index (χ1n) is 7.91. The topological polar surface area (TPSA) is 78.1 Å². The zero-order valence-electron chi connectivity index (χ0n) is 13.7. The molecule has 134 valence electrons. The van der Waals surface area contributed by atoms with E-state index in [0.717, 1.165) is 5.39 Å². The van der Waals surface area contributed by atoms with E-state index < -0.39 is 5.97 Å². The summed E-state index contributed by atoms with van der Waals surface area (Å²) in [7, 11) is 0. The van der Waals surface area contributed by atoms with Crippen molar-refractivity contribution < 1.29 is 14.1 Å². The Balaban J connectivity index is 1.47. The van der Waals surface area contributed by atoms with Crippen molar-refractivity contribution in [3.8, 4) is 11.5 Å². The Morgan fingerprint density at radius 2 is 1.89 bits per heavy atom. The van der Waals surface area contributed by atoms with Crippen LogP contribution in [0.4, 0.5) is 0 Å². The number of halogens is 2. The van der Waals surface area contributed by atoms with E-state index in [1.807, 2.05) is 6.07 Å². The summed E-state index contributed by atoms with van der Waals surface area (Å²) in [5.74, 6) is 0.00348. The van der Waals surface area contributed by atoms with Gasteiger partial charge < -0.3 is 9.26 Å². The highest BCUT2D eigenvalue weighted by molar-refractivity contribution is 6.33. The number of nitrogens with zero attached hydrogens (tertiary/aromatic N) is 3. The molecule has 0 bridgehead atoms. The first-order valence-corrected chi connectivity index (χ1v) is 8.67. The maximum Gasteiger partial charge on any atom is 0.338 e. The minimum absolute atomic E-state index is 0.121. The lowest BCUT2D eigenvalue weighted by atomic mass is 10.1. The van der Waals surface area contributed by atoms with Crippen molar-refractivity contribution >= 4 is 40.1 Å². The lowest BCUT2D eigenvalue weighted by molar-refractivity contribution is 0.0460. The Hall–Kier alpha value is -2.96. The zero-order valence-corrected chi connectivity index (χ0v) is 15.2. The molecule has 0 fully saturated rings. The molecule has 6 nitrogen and oxygen atoms in total. The van der Waals surface area contributed by atoms with Gasteiger partial charge in [-0.3, -0.25) is 0 Å². The molecule has 2 aromatic heterocycles. The molecule has 0 spiro atoms. The van der Waals surface area contributed by atoms with Gasteiger partial charge >= 0.3 is 5.97 Å². The third kappa shape index (κ3) is 3.77. The molecular weight excluding hydrogens is 389 g/mol. The van der Waals surface area contributed by atoms with Crippen molar-refractivity contribution in [1.82, 2.24) is 15.1 Å². The molecule has 2 aromatic carbocycles. The van der Waals surface area contributed by atoms with Gasteiger partial charge in [-0.2, -0.15) is 4.98 Å². The van der Waals surface area contributed by atoms with E-state index in [4.69, 9.17) is 32.5 Å². The Morgan fingerprint density at radius 3 is 2.74 bits per heavy atom. The third-order valence-electron chi connectivity index (χ3n) is 3.80. The van der Waals surface area contributed by atoms with Crippen LogP contribution < -0.4 is 0 Å². The van der Waals surface area contributed by atoms with Gasteiger partial charge in [0.25, 0.3) is 5.89 Å². The van der Waals surface area contributed by atoms with Crippen LogP contribution in [0, 0.1) is 0 Å². The number of pyridine rings is 1. The van der Waals surface area contributed by atoms with Crippen LogP contribution >= 0.6 is 23.2 Å². The van der Waals surface area contributed by atoms with E-state index in [1.54, 1.807) is 48.5 Å². The molecule has 4 aromatic rings. The Labute approximate surface area is 163 Å². The fourth-order valence-electron chi connectivity index (χ4n) is 2.50. The molecule has 2 heterocycles. The number of aromatic nitrogens is 3. The number of hydrogen-bond donors (Lipinski definition) is 0. The third-order valence-corrected chi connectivity index (χ3v) is 4.34. The fourth-order valence-corrected chi connectivity index (χ4v) is 2.87. The standard InChI is InChI=1S/C19H11Cl2N3O3/c20-14-4-2-1-3-13(14)18-23-17(24-27-18)10-26-19(25)12-5-7-15-11(9-12)6-8-16(21)22-15/h1-9H,10H2. The summed E-state index contributed by atoms with van der Waals surface area (Å²) in [5, 5.41) is 5.49. The second-order valence-electron chi connectivity index (χ2n) is 5.61. The van der Waals surface area contributed by atoms with Crippen molar-refractivity contribution in [2.75, 3.05) is 0 Å². The first kappa shape index (κ1) is 17.5. The minimum atomic E-state index is -0.504. The number of carbonyl (C=O) groups excluding carboxylic acids is 1. The van der Waals surface area contributed by atoms with E-state index in [-0.39, 0.29) is 18.3 Å². The van der Waals surface area contributed by atoms with Crippen LogP contribution in [0.15, 0.2) is 59.1 Å². The van der Waals surface area contributed by atoms with Crippen LogP contribution in [0.1, 0.15) is 16.2 Å². The van der Waals surface area contributed by atoms with Crippen molar-refractivity contribution in [3.05, 3.63) is 76.2 Å². The highest BCUT2D eigenvalue weighted by Gasteiger charge is 2.14. The van der Waals surface area contributed by atoms with Crippen LogP contribution in [-0.2, 0) is 11.3 Å². The Bertz CT molecular complexity index is 1140. The highest BCUT2D eigenvalue weighted by atomic mass is 35.5. The van der Waals surface area contributed by atoms with Crippen LogP contribution in [0.3, 0.4) is 0 Å². The molecule has 0 aliphatic carbocycles.